The summed E-state index contributed by atoms with van der Waals surface area (Å²) in [6.07, 6.45) is 0. The Labute approximate surface area is 84.9 Å². The highest BCUT2D eigenvalue weighted by molar-refractivity contribution is 5.96. The third kappa shape index (κ3) is 3.03. The van der Waals surface area contributed by atoms with E-state index in [1.165, 1.54) is 18.5 Å². The second kappa shape index (κ2) is 4.52. The van der Waals surface area contributed by atoms with E-state index >= 15 is 0 Å². The number of hydrogen-bond donors (Lipinski definition) is 3. The lowest BCUT2D eigenvalue weighted by molar-refractivity contribution is -0.114. The highest BCUT2D eigenvalue weighted by Gasteiger charge is 2.08. The van der Waals surface area contributed by atoms with Crippen LogP contribution in [0.1, 0.15) is 17.3 Å². The first-order chi connectivity index (χ1) is 7.02. The number of rotatable bonds is 2. The molecule has 0 fully saturated rings. The van der Waals surface area contributed by atoms with Crippen LogP contribution in [0.5, 0.6) is 0 Å². The van der Waals surface area contributed by atoms with Crippen molar-refractivity contribution in [2.45, 2.75) is 6.92 Å². The first-order valence-electron chi connectivity index (χ1n) is 4.05. The van der Waals surface area contributed by atoms with Crippen molar-refractivity contribution in [2.75, 3.05) is 5.32 Å². The normalized spacial score (nSPS) is 9.53. The summed E-state index contributed by atoms with van der Waals surface area (Å²) in [6.45, 7) is 1.26. The van der Waals surface area contributed by atoms with Crippen LogP contribution < -0.4 is 10.8 Å². The summed E-state index contributed by atoms with van der Waals surface area (Å²) in [4.78, 5) is 21.7. The lowest BCUT2D eigenvalue weighted by Crippen LogP contribution is -2.19. The number of hydrogen-bond acceptors (Lipinski definition) is 3. The van der Waals surface area contributed by atoms with Crippen LogP contribution in [0.15, 0.2) is 18.2 Å². The Bertz CT molecular complexity index is 406. The lowest BCUT2D eigenvalue weighted by atomic mass is 10.2. The fraction of sp³-hybridized carbons (Fsp3) is 0.111. The van der Waals surface area contributed by atoms with Gasteiger partial charge in [0.2, 0.25) is 5.91 Å². The fourth-order valence-electron chi connectivity index (χ4n) is 1.06. The number of carbonyl (C=O) groups excluding carboxylic acids is 2. The van der Waals surface area contributed by atoms with Crippen LogP contribution in [-0.2, 0) is 4.79 Å². The van der Waals surface area contributed by atoms with Crippen molar-refractivity contribution >= 4 is 17.5 Å². The van der Waals surface area contributed by atoms with Gasteiger partial charge in [0.15, 0.2) is 0 Å². The van der Waals surface area contributed by atoms with Crippen molar-refractivity contribution in [3.63, 3.8) is 0 Å². The summed E-state index contributed by atoms with van der Waals surface area (Å²) < 4.78 is 13.0. The second-order valence-electron chi connectivity index (χ2n) is 2.85. The largest absolute Gasteiger partial charge is 0.326 e. The highest BCUT2D eigenvalue weighted by Crippen LogP contribution is 2.13. The lowest BCUT2D eigenvalue weighted by Gasteiger charge is -2.04. The summed E-state index contributed by atoms with van der Waals surface area (Å²) in [5.41, 5.74) is 1.44. The van der Waals surface area contributed by atoms with Gasteiger partial charge in [-0.3, -0.25) is 14.8 Å². The van der Waals surface area contributed by atoms with Crippen molar-refractivity contribution in [2.24, 2.45) is 0 Å². The summed E-state index contributed by atoms with van der Waals surface area (Å²) >= 11 is 0. The van der Waals surface area contributed by atoms with E-state index in [9.17, 15) is 14.0 Å². The third-order valence-electron chi connectivity index (χ3n) is 1.58. The van der Waals surface area contributed by atoms with Gasteiger partial charge < -0.3 is 5.32 Å². The van der Waals surface area contributed by atoms with Crippen LogP contribution >= 0.6 is 0 Å². The molecule has 0 aliphatic rings. The molecular formula is C9H9FN2O3. The van der Waals surface area contributed by atoms with Crippen LogP contribution in [-0.4, -0.2) is 17.0 Å². The molecule has 0 bridgehead atoms. The third-order valence-corrected chi connectivity index (χ3v) is 1.58. The van der Waals surface area contributed by atoms with Gasteiger partial charge in [0.1, 0.15) is 5.82 Å². The number of anilines is 1. The second-order valence-corrected chi connectivity index (χ2v) is 2.85. The molecule has 15 heavy (non-hydrogen) atoms. The van der Waals surface area contributed by atoms with E-state index in [0.29, 0.717) is 0 Å². The SMILES string of the molecule is CC(=O)Nc1cc(F)cc(C(=O)NO)c1. The van der Waals surface area contributed by atoms with Gasteiger partial charge in [0, 0.05) is 18.2 Å². The van der Waals surface area contributed by atoms with E-state index in [-0.39, 0.29) is 17.2 Å². The molecule has 0 radical (unpaired) electrons. The molecule has 1 aromatic carbocycles. The first kappa shape index (κ1) is 11.1. The molecule has 0 aliphatic carbocycles. The summed E-state index contributed by atoms with van der Waals surface area (Å²) in [7, 11) is 0. The van der Waals surface area contributed by atoms with Crippen LogP contribution in [0, 0.1) is 5.82 Å². The van der Waals surface area contributed by atoms with E-state index in [1.807, 2.05) is 0 Å². The first-order valence-corrected chi connectivity index (χ1v) is 4.05. The highest BCUT2D eigenvalue weighted by atomic mass is 19.1. The zero-order chi connectivity index (χ0) is 11.4. The van der Waals surface area contributed by atoms with Gasteiger partial charge in [-0.25, -0.2) is 9.87 Å². The number of hydroxylamine groups is 1. The van der Waals surface area contributed by atoms with Gasteiger partial charge >= 0.3 is 0 Å². The van der Waals surface area contributed by atoms with Crippen molar-refractivity contribution in [1.82, 2.24) is 5.48 Å². The fourth-order valence-corrected chi connectivity index (χ4v) is 1.06. The monoisotopic (exact) mass is 212 g/mol. The molecular weight excluding hydrogens is 203 g/mol. The predicted octanol–water partition coefficient (Wildman–Crippen LogP) is 0.903. The van der Waals surface area contributed by atoms with Crippen LogP contribution in [0.3, 0.4) is 0 Å². The Balaban J connectivity index is 3.04. The van der Waals surface area contributed by atoms with Crippen molar-refractivity contribution in [1.29, 1.82) is 0 Å². The molecule has 0 heterocycles. The Hall–Kier alpha value is -1.95. The van der Waals surface area contributed by atoms with Gasteiger partial charge in [0.05, 0.1) is 0 Å². The van der Waals surface area contributed by atoms with Crippen LogP contribution in [0.4, 0.5) is 10.1 Å². The molecule has 0 saturated carbocycles. The van der Waals surface area contributed by atoms with E-state index < -0.39 is 11.7 Å². The molecule has 0 atom stereocenters. The number of amides is 2. The minimum atomic E-state index is -0.846. The number of nitrogens with one attached hydrogen (secondary N) is 2. The average Bonchev–Trinajstić information content (AvgIpc) is 2.14. The molecule has 0 aromatic heterocycles. The minimum Gasteiger partial charge on any atom is -0.326 e. The van der Waals surface area contributed by atoms with Gasteiger partial charge in [-0.1, -0.05) is 0 Å². The molecule has 0 aliphatic heterocycles. The molecule has 3 N–H and O–H groups in total. The molecule has 6 heteroatoms. The maximum absolute atomic E-state index is 13.0. The van der Waals surface area contributed by atoms with Gasteiger partial charge in [-0.15, -0.1) is 0 Å². The van der Waals surface area contributed by atoms with Gasteiger partial charge in [-0.05, 0) is 18.2 Å². The number of halogens is 1. The Morgan fingerprint density at radius 3 is 2.53 bits per heavy atom. The van der Waals surface area contributed by atoms with Crippen molar-refractivity contribution in [3.8, 4) is 0 Å². The molecule has 0 saturated heterocycles. The molecule has 1 aromatic rings. The molecule has 0 unspecified atom stereocenters. The quantitative estimate of drug-likeness (QED) is 0.503. The minimum absolute atomic E-state index is 0.0822. The predicted molar refractivity (Wildman–Crippen MR) is 50.0 cm³/mol. The van der Waals surface area contributed by atoms with E-state index in [4.69, 9.17) is 5.21 Å². The van der Waals surface area contributed by atoms with Crippen LogP contribution in [0.2, 0.25) is 0 Å². The molecule has 0 spiro atoms. The zero-order valence-corrected chi connectivity index (χ0v) is 7.87. The number of carbonyl (C=O) groups is 2. The summed E-state index contributed by atoms with van der Waals surface area (Å²) in [5, 5.41) is 10.7. The van der Waals surface area contributed by atoms with Crippen molar-refractivity contribution < 1.29 is 19.2 Å². The van der Waals surface area contributed by atoms with E-state index in [1.54, 1.807) is 0 Å². The molecule has 5 nitrogen and oxygen atoms in total. The maximum atomic E-state index is 13.0. The topological polar surface area (TPSA) is 78.4 Å². The smallest absolute Gasteiger partial charge is 0.274 e. The maximum Gasteiger partial charge on any atom is 0.274 e. The molecule has 2 amide bonds. The van der Waals surface area contributed by atoms with E-state index in [2.05, 4.69) is 5.32 Å². The van der Waals surface area contributed by atoms with E-state index in [0.717, 1.165) is 12.1 Å². The molecule has 80 valence electrons. The standard InChI is InChI=1S/C9H9FN2O3/c1-5(13)11-8-3-6(9(14)12-15)2-7(10)4-8/h2-4,15H,1H3,(H,11,13)(H,12,14). The molecule has 1 rings (SSSR count). The van der Waals surface area contributed by atoms with Crippen LogP contribution in [0.25, 0.3) is 0 Å². The Morgan fingerprint density at radius 2 is 2.00 bits per heavy atom. The Kier molecular flexibility index (Phi) is 3.35. The Morgan fingerprint density at radius 1 is 1.33 bits per heavy atom. The summed E-state index contributed by atoms with van der Waals surface area (Å²) in [5.74, 6) is -1.91. The number of benzene rings is 1. The zero-order valence-electron chi connectivity index (χ0n) is 7.87. The van der Waals surface area contributed by atoms with Gasteiger partial charge in [0.25, 0.3) is 5.91 Å². The van der Waals surface area contributed by atoms with Gasteiger partial charge in [-0.2, -0.15) is 0 Å². The average molecular weight is 212 g/mol. The van der Waals surface area contributed by atoms with Crippen molar-refractivity contribution in [3.05, 3.63) is 29.6 Å². The summed E-state index contributed by atoms with van der Waals surface area (Å²) in [6, 6.07) is 3.25.